The Morgan fingerprint density at radius 3 is 2.14 bits per heavy atom. The minimum atomic E-state index is -4.73. The van der Waals surface area contributed by atoms with Crippen LogP contribution in [-0.2, 0) is 16.2 Å². The molecular formula is C21H15F3N2O2S. The average Bonchev–Trinajstić information content (AvgIpc) is 3.25. The first-order chi connectivity index (χ1) is 13.8. The quantitative estimate of drug-likeness (QED) is 0.242. The minimum Gasteiger partial charge on any atom is -0.335 e. The number of oxime groups is 1. The Morgan fingerprint density at radius 1 is 1.00 bits per heavy atom. The molecule has 4 nitrogen and oxygen atoms in total. The number of para-hydroxylation sites is 2. The van der Waals surface area contributed by atoms with Crippen LogP contribution in [0.15, 0.2) is 65.8 Å². The number of fused-ring (bicyclic) bond motifs is 3. The molecule has 29 heavy (non-hydrogen) atoms. The second kappa shape index (κ2) is 7.36. The third kappa shape index (κ3) is 3.75. The Bertz CT molecular complexity index is 1180. The Hall–Kier alpha value is -3.13. The van der Waals surface area contributed by atoms with E-state index in [0.29, 0.717) is 6.54 Å². The number of thiophene rings is 1. The van der Waals surface area contributed by atoms with Crippen LogP contribution < -0.4 is 0 Å². The summed E-state index contributed by atoms with van der Waals surface area (Å²) in [5.41, 5.74) is 0.799. The normalized spacial score (nSPS) is 12.6. The van der Waals surface area contributed by atoms with Gasteiger partial charge in [0.05, 0.1) is 11.4 Å². The number of carbonyl (C=O) groups excluding carboxylic acids is 1. The molecule has 0 unspecified atom stereocenters. The van der Waals surface area contributed by atoms with Crippen LogP contribution in [0.1, 0.15) is 16.7 Å². The van der Waals surface area contributed by atoms with E-state index in [-0.39, 0.29) is 4.88 Å². The van der Waals surface area contributed by atoms with Gasteiger partial charge >= 0.3 is 12.1 Å². The molecule has 148 valence electrons. The van der Waals surface area contributed by atoms with Crippen molar-refractivity contribution in [3.8, 4) is 0 Å². The van der Waals surface area contributed by atoms with Gasteiger partial charge in [0.15, 0.2) is 0 Å². The molecule has 0 spiro atoms. The van der Waals surface area contributed by atoms with Crippen molar-refractivity contribution < 1.29 is 22.8 Å². The second-order valence-electron chi connectivity index (χ2n) is 6.41. The number of hydrogen-bond acceptors (Lipinski definition) is 4. The number of aromatic nitrogens is 1. The smallest absolute Gasteiger partial charge is 0.335 e. The molecule has 0 saturated heterocycles. The standard InChI is InChI=1S/C21H15F3N2O2S/c1-13(27)28-25-20(21(22,23)24)19-11-10-14(29-19)12-26-17-8-4-2-6-15(17)16-7-3-5-9-18(16)26/h2-11H,12H2,1H3/b25-20-. The lowest BCUT2D eigenvalue weighted by Crippen LogP contribution is -2.23. The summed E-state index contributed by atoms with van der Waals surface area (Å²) in [7, 11) is 0. The van der Waals surface area contributed by atoms with Gasteiger partial charge in [-0.05, 0) is 24.3 Å². The lowest BCUT2D eigenvalue weighted by atomic mass is 10.2. The Morgan fingerprint density at radius 2 is 1.59 bits per heavy atom. The first-order valence-corrected chi connectivity index (χ1v) is 9.54. The van der Waals surface area contributed by atoms with E-state index < -0.39 is 17.9 Å². The molecule has 2 aromatic carbocycles. The highest BCUT2D eigenvalue weighted by Crippen LogP contribution is 2.32. The van der Waals surface area contributed by atoms with Gasteiger partial charge in [-0.2, -0.15) is 13.2 Å². The fourth-order valence-corrected chi connectivity index (χ4v) is 4.26. The topological polar surface area (TPSA) is 43.6 Å². The maximum atomic E-state index is 13.3. The summed E-state index contributed by atoms with van der Waals surface area (Å²) < 4.78 is 42.1. The molecule has 0 bridgehead atoms. The lowest BCUT2D eigenvalue weighted by molar-refractivity contribution is -0.141. The van der Waals surface area contributed by atoms with E-state index in [0.717, 1.165) is 44.9 Å². The molecule has 0 aliphatic heterocycles. The maximum Gasteiger partial charge on any atom is 0.438 e. The van der Waals surface area contributed by atoms with Crippen LogP contribution in [0.5, 0.6) is 0 Å². The van der Waals surface area contributed by atoms with Crippen molar-refractivity contribution in [2.45, 2.75) is 19.6 Å². The fourth-order valence-electron chi connectivity index (χ4n) is 3.27. The molecule has 2 heterocycles. The molecule has 0 radical (unpaired) electrons. The van der Waals surface area contributed by atoms with Crippen LogP contribution in [0.25, 0.3) is 21.8 Å². The summed E-state index contributed by atoms with van der Waals surface area (Å²) in [6, 6.07) is 18.8. The average molecular weight is 416 g/mol. The second-order valence-corrected chi connectivity index (χ2v) is 7.58. The Balaban J connectivity index is 1.74. The molecule has 0 saturated carbocycles. The van der Waals surface area contributed by atoms with E-state index >= 15 is 0 Å². The molecule has 0 atom stereocenters. The summed E-state index contributed by atoms with van der Waals surface area (Å²) in [4.78, 5) is 15.7. The van der Waals surface area contributed by atoms with Gasteiger partial charge in [-0.1, -0.05) is 41.6 Å². The van der Waals surface area contributed by atoms with Crippen LogP contribution in [0, 0.1) is 0 Å². The van der Waals surface area contributed by atoms with Crippen molar-refractivity contribution in [3.63, 3.8) is 0 Å². The van der Waals surface area contributed by atoms with E-state index in [2.05, 4.69) is 14.6 Å². The van der Waals surface area contributed by atoms with Crippen molar-refractivity contribution in [2.24, 2.45) is 5.16 Å². The maximum absolute atomic E-state index is 13.3. The lowest BCUT2D eigenvalue weighted by Gasteiger charge is -2.08. The summed E-state index contributed by atoms with van der Waals surface area (Å²) in [5.74, 6) is -0.909. The van der Waals surface area contributed by atoms with E-state index in [1.54, 1.807) is 6.07 Å². The fraction of sp³-hybridized carbons (Fsp3) is 0.143. The zero-order valence-electron chi connectivity index (χ0n) is 15.2. The van der Waals surface area contributed by atoms with Crippen molar-refractivity contribution in [1.82, 2.24) is 4.57 Å². The van der Waals surface area contributed by atoms with Crippen molar-refractivity contribution in [1.29, 1.82) is 0 Å². The molecule has 8 heteroatoms. The summed E-state index contributed by atoms with van der Waals surface area (Å²) in [6.45, 7) is 1.41. The molecule has 0 fully saturated rings. The van der Waals surface area contributed by atoms with Crippen LogP contribution >= 0.6 is 11.3 Å². The number of carbonyl (C=O) groups is 1. The number of halogens is 3. The van der Waals surface area contributed by atoms with Crippen LogP contribution in [-0.4, -0.2) is 22.4 Å². The molecule has 0 amide bonds. The minimum absolute atomic E-state index is 0.102. The van der Waals surface area contributed by atoms with Crippen LogP contribution in [0.2, 0.25) is 0 Å². The van der Waals surface area contributed by atoms with Gasteiger partial charge < -0.3 is 9.40 Å². The van der Waals surface area contributed by atoms with E-state index in [9.17, 15) is 18.0 Å². The third-order valence-electron chi connectivity index (χ3n) is 4.42. The number of rotatable bonds is 4. The first kappa shape index (κ1) is 19.2. The first-order valence-electron chi connectivity index (χ1n) is 8.72. The Kier molecular flexibility index (Phi) is 4.87. The third-order valence-corrected chi connectivity index (χ3v) is 5.50. The van der Waals surface area contributed by atoms with Crippen molar-refractivity contribution in [3.05, 3.63) is 70.4 Å². The van der Waals surface area contributed by atoms with Gasteiger partial charge in [0, 0.05) is 33.6 Å². The SMILES string of the molecule is CC(=O)O/N=C(/c1ccc(Cn2c3ccccc3c3ccccc32)s1)C(F)(F)F. The predicted octanol–water partition coefficient (Wildman–Crippen LogP) is 5.73. The molecule has 2 aromatic heterocycles. The zero-order valence-corrected chi connectivity index (χ0v) is 16.1. The van der Waals surface area contributed by atoms with Gasteiger partial charge in [-0.15, -0.1) is 11.3 Å². The monoisotopic (exact) mass is 416 g/mol. The van der Waals surface area contributed by atoms with Gasteiger partial charge in [0.2, 0.25) is 5.71 Å². The van der Waals surface area contributed by atoms with Crippen molar-refractivity contribution >= 4 is 44.8 Å². The van der Waals surface area contributed by atoms with E-state index in [1.807, 2.05) is 48.5 Å². The largest absolute Gasteiger partial charge is 0.438 e. The summed E-state index contributed by atoms with van der Waals surface area (Å²) in [6.07, 6.45) is -4.73. The van der Waals surface area contributed by atoms with E-state index in [1.165, 1.54) is 6.07 Å². The summed E-state index contributed by atoms with van der Waals surface area (Å²) >= 11 is 0.972. The molecule has 0 aliphatic carbocycles. The number of benzene rings is 2. The number of hydrogen-bond donors (Lipinski definition) is 0. The highest BCUT2D eigenvalue weighted by Gasteiger charge is 2.39. The highest BCUT2D eigenvalue weighted by molar-refractivity contribution is 7.14. The van der Waals surface area contributed by atoms with Crippen LogP contribution in [0.4, 0.5) is 13.2 Å². The van der Waals surface area contributed by atoms with Gasteiger partial charge in [0.1, 0.15) is 0 Å². The van der Waals surface area contributed by atoms with Gasteiger partial charge in [-0.25, -0.2) is 4.79 Å². The Labute approximate surface area is 167 Å². The molecular weight excluding hydrogens is 401 g/mol. The van der Waals surface area contributed by atoms with Crippen molar-refractivity contribution in [2.75, 3.05) is 0 Å². The van der Waals surface area contributed by atoms with E-state index in [4.69, 9.17) is 0 Å². The zero-order chi connectivity index (χ0) is 20.6. The molecule has 0 N–H and O–H groups in total. The van der Waals surface area contributed by atoms with Gasteiger partial charge in [0.25, 0.3) is 0 Å². The van der Waals surface area contributed by atoms with Gasteiger partial charge in [-0.3, -0.25) is 0 Å². The number of alkyl halides is 3. The summed E-state index contributed by atoms with van der Waals surface area (Å²) in [5, 5.41) is 5.20. The molecule has 4 aromatic rings. The molecule has 4 rings (SSSR count). The molecule has 0 aliphatic rings. The predicted molar refractivity (Wildman–Crippen MR) is 107 cm³/mol. The number of nitrogens with zero attached hydrogens (tertiary/aromatic N) is 2. The highest BCUT2D eigenvalue weighted by atomic mass is 32.1. The van der Waals surface area contributed by atoms with Crippen LogP contribution in [0.3, 0.4) is 0 Å².